The maximum absolute atomic E-state index is 11.5. The molecule has 1 saturated carbocycles. The van der Waals surface area contributed by atoms with Crippen molar-refractivity contribution in [1.29, 1.82) is 0 Å². The number of aromatic nitrogens is 2. The van der Waals surface area contributed by atoms with Gasteiger partial charge in [0.2, 0.25) is 12.4 Å². The first-order valence-electron chi connectivity index (χ1n) is 7.30. The lowest BCUT2D eigenvalue weighted by Crippen LogP contribution is -2.17. The number of benzene rings is 1. The van der Waals surface area contributed by atoms with Crippen molar-refractivity contribution in [3.8, 4) is 5.75 Å². The van der Waals surface area contributed by atoms with Crippen LogP contribution in [0.5, 0.6) is 5.75 Å². The SMILES string of the molecule is NC(=O)c1cnc(Nc2ccc(NC=O)c(O)c2)nc1NC1CC1. The number of amides is 2. The van der Waals surface area contributed by atoms with E-state index in [1.54, 1.807) is 6.07 Å². The molecule has 0 atom stereocenters. The van der Waals surface area contributed by atoms with Crippen LogP contribution in [0.2, 0.25) is 0 Å². The van der Waals surface area contributed by atoms with Crippen LogP contribution in [0.15, 0.2) is 24.4 Å². The molecule has 2 aromatic rings. The minimum absolute atomic E-state index is 0.0998. The van der Waals surface area contributed by atoms with Crippen molar-refractivity contribution >= 4 is 35.5 Å². The zero-order valence-electron chi connectivity index (χ0n) is 12.6. The molecule has 9 nitrogen and oxygen atoms in total. The molecule has 0 bridgehead atoms. The van der Waals surface area contributed by atoms with Gasteiger partial charge in [0.15, 0.2) is 0 Å². The van der Waals surface area contributed by atoms with E-state index in [1.165, 1.54) is 18.3 Å². The second kappa shape index (κ2) is 6.41. The highest BCUT2D eigenvalue weighted by Crippen LogP contribution is 2.29. The summed E-state index contributed by atoms with van der Waals surface area (Å²) >= 11 is 0. The van der Waals surface area contributed by atoms with E-state index < -0.39 is 5.91 Å². The summed E-state index contributed by atoms with van der Waals surface area (Å²) in [5.41, 5.74) is 6.36. The van der Waals surface area contributed by atoms with Crippen molar-refractivity contribution in [1.82, 2.24) is 9.97 Å². The summed E-state index contributed by atoms with van der Waals surface area (Å²) in [6, 6.07) is 4.90. The summed E-state index contributed by atoms with van der Waals surface area (Å²) in [5, 5.41) is 18.3. The average molecular weight is 328 g/mol. The summed E-state index contributed by atoms with van der Waals surface area (Å²) < 4.78 is 0. The Hall–Kier alpha value is -3.36. The van der Waals surface area contributed by atoms with Crippen LogP contribution < -0.4 is 21.7 Å². The number of nitrogens with two attached hydrogens (primary N) is 1. The van der Waals surface area contributed by atoms with Crippen LogP contribution in [0.25, 0.3) is 0 Å². The van der Waals surface area contributed by atoms with Gasteiger partial charge in [0.1, 0.15) is 11.6 Å². The van der Waals surface area contributed by atoms with E-state index in [0.717, 1.165) is 12.8 Å². The first-order valence-corrected chi connectivity index (χ1v) is 7.30. The third kappa shape index (κ3) is 3.51. The Morgan fingerprint density at radius 1 is 1.38 bits per heavy atom. The van der Waals surface area contributed by atoms with Crippen LogP contribution in [-0.2, 0) is 4.79 Å². The summed E-state index contributed by atoms with van der Waals surface area (Å²) in [5.74, 6) is -0.0755. The molecule has 24 heavy (non-hydrogen) atoms. The number of carbonyl (C=O) groups is 2. The maximum atomic E-state index is 11.5. The van der Waals surface area contributed by atoms with Gasteiger partial charge in [0.05, 0.1) is 11.3 Å². The van der Waals surface area contributed by atoms with E-state index in [2.05, 4.69) is 25.9 Å². The van der Waals surface area contributed by atoms with Crippen LogP contribution in [0.4, 0.5) is 23.1 Å². The highest BCUT2D eigenvalue weighted by atomic mass is 16.3. The number of nitrogens with one attached hydrogen (secondary N) is 3. The van der Waals surface area contributed by atoms with Crippen LogP contribution in [0.3, 0.4) is 0 Å². The molecular weight excluding hydrogens is 312 g/mol. The largest absolute Gasteiger partial charge is 0.506 e. The summed E-state index contributed by atoms with van der Waals surface area (Å²) in [4.78, 5) is 30.2. The van der Waals surface area contributed by atoms with E-state index in [-0.39, 0.29) is 22.9 Å². The lowest BCUT2D eigenvalue weighted by molar-refractivity contribution is -0.105. The molecule has 6 N–H and O–H groups in total. The lowest BCUT2D eigenvalue weighted by Gasteiger charge is -2.11. The van der Waals surface area contributed by atoms with Gasteiger partial charge in [-0.25, -0.2) is 4.98 Å². The highest BCUT2D eigenvalue weighted by molar-refractivity contribution is 5.97. The molecule has 1 fully saturated rings. The number of hydrogen-bond donors (Lipinski definition) is 5. The van der Waals surface area contributed by atoms with Gasteiger partial charge in [-0.15, -0.1) is 0 Å². The van der Waals surface area contributed by atoms with Gasteiger partial charge >= 0.3 is 0 Å². The van der Waals surface area contributed by atoms with Gasteiger partial charge in [-0.05, 0) is 25.0 Å². The Balaban J connectivity index is 1.82. The molecule has 1 aliphatic rings. The molecule has 1 aliphatic carbocycles. The predicted molar refractivity (Wildman–Crippen MR) is 88.3 cm³/mol. The fraction of sp³-hybridized carbons (Fsp3) is 0.200. The Labute approximate surface area is 137 Å². The van der Waals surface area contributed by atoms with Gasteiger partial charge in [0.25, 0.3) is 5.91 Å². The number of anilines is 4. The lowest BCUT2D eigenvalue weighted by atomic mass is 10.2. The summed E-state index contributed by atoms with van der Waals surface area (Å²) in [7, 11) is 0. The van der Waals surface area contributed by atoms with E-state index in [4.69, 9.17) is 5.73 Å². The smallest absolute Gasteiger partial charge is 0.254 e. The molecule has 0 spiro atoms. The number of carbonyl (C=O) groups excluding carboxylic acids is 2. The van der Waals surface area contributed by atoms with Gasteiger partial charge in [-0.2, -0.15) is 4.98 Å². The quantitative estimate of drug-likeness (QED) is 0.379. The molecule has 1 aromatic carbocycles. The summed E-state index contributed by atoms with van der Waals surface area (Å²) in [6.45, 7) is 0. The Morgan fingerprint density at radius 2 is 2.17 bits per heavy atom. The van der Waals surface area contributed by atoms with Gasteiger partial charge < -0.3 is 26.8 Å². The van der Waals surface area contributed by atoms with Crippen molar-refractivity contribution in [3.05, 3.63) is 30.0 Å². The highest BCUT2D eigenvalue weighted by Gasteiger charge is 2.24. The molecule has 1 aromatic heterocycles. The molecule has 0 unspecified atom stereocenters. The van der Waals surface area contributed by atoms with Crippen molar-refractivity contribution in [2.75, 3.05) is 16.0 Å². The zero-order valence-corrected chi connectivity index (χ0v) is 12.6. The number of aromatic hydroxyl groups is 1. The van der Waals surface area contributed by atoms with E-state index in [1.807, 2.05) is 0 Å². The normalized spacial score (nSPS) is 13.2. The Kier molecular flexibility index (Phi) is 4.15. The van der Waals surface area contributed by atoms with E-state index in [0.29, 0.717) is 24.0 Å². The van der Waals surface area contributed by atoms with E-state index in [9.17, 15) is 14.7 Å². The number of nitrogens with zero attached hydrogens (tertiary/aromatic N) is 2. The minimum Gasteiger partial charge on any atom is -0.506 e. The molecule has 124 valence electrons. The Morgan fingerprint density at radius 3 is 2.79 bits per heavy atom. The topological polar surface area (TPSA) is 142 Å². The molecule has 3 rings (SSSR count). The van der Waals surface area contributed by atoms with Crippen LogP contribution in [0, 0.1) is 0 Å². The van der Waals surface area contributed by atoms with Crippen LogP contribution >= 0.6 is 0 Å². The number of rotatable bonds is 7. The van der Waals surface area contributed by atoms with Crippen LogP contribution in [-0.4, -0.2) is 33.4 Å². The fourth-order valence-electron chi connectivity index (χ4n) is 2.08. The van der Waals surface area contributed by atoms with E-state index >= 15 is 0 Å². The molecule has 0 saturated heterocycles. The molecule has 1 heterocycles. The molecule has 0 radical (unpaired) electrons. The average Bonchev–Trinajstić information content (AvgIpc) is 3.34. The molecule has 0 aliphatic heterocycles. The molecule has 2 amide bonds. The van der Waals surface area contributed by atoms with Crippen molar-refractivity contribution in [2.24, 2.45) is 5.73 Å². The number of primary amides is 1. The van der Waals surface area contributed by atoms with Crippen molar-refractivity contribution < 1.29 is 14.7 Å². The van der Waals surface area contributed by atoms with Crippen molar-refractivity contribution in [3.63, 3.8) is 0 Å². The standard InChI is InChI=1S/C15H16N6O3/c16-13(24)10-6-17-15(21-14(10)19-8-1-2-8)20-9-3-4-11(18-7-22)12(23)5-9/h3-8,23H,1-2H2,(H2,16,24)(H,18,22)(H2,17,19,20,21). The maximum Gasteiger partial charge on any atom is 0.254 e. The number of phenolic OH excluding ortho intramolecular Hbond substituents is 1. The van der Waals surface area contributed by atoms with Gasteiger partial charge in [-0.1, -0.05) is 0 Å². The van der Waals surface area contributed by atoms with Crippen LogP contribution in [0.1, 0.15) is 23.2 Å². The zero-order chi connectivity index (χ0) is 17.1. The van der Waals surface area contributed by atoms with Crippen molar-refractivity contribution in [2.45, 2.75) is 18.9 Å². The number of hydrogen-bond acceptors (Lipinski definition) is 7. The first-order chi connectivity index (χ1) is 11.6. The second-order valence-electron chi connectivity index (χ2n) is 5.36. The second-order valence-corrected chi connectivity index (χ2v) is 5.36. The third-order valence-electron chi connectivity index (χ3n) is 3.44. The number of phenols is 1. The minimum atomic E-state index is -0.605. The fourth-order valence-corrected chi connectivity index (χ4v) is 2.08. The Bertz CT molecular complexity index is 791. The first kappa shape index (κ1) is 15.5. The monoisotopic (exact) mass is 328 g/mol. The van der Waals surface area contributed by atoms with Gasteiger partial charge in [-0.3, -0.25) is 9.59 Å². The molecular formula is C15H16N6O3. The van der Waals surface area contributed by atoms with Gasteiger partial charge in [0, 0.05) is 24.0 Å². The third-order valence-corrected chi connectivity index (χ3v) is 3.44. The summed E-state index contributed by atoms with van der Waals surface area (Å²) in [6.07, 6.45) is 3.86. The molecule has 9 heteroatoms. The predicted octanol–water partition coefficient (Wildman–Crippen LogP) is 1.17.